The van der Waals surface area contributed by atoms with Gasteiger partial charge in [0, 0.05) is 30.9 Å². The van der Waals surface area contributed by atoms with Crippen molar-refractivity contribution in [3.63, 3.8) is 0 Å². The van der Waals surface area contributed by atoms with Crippen LogP contribution in [0, 0.1) is 0 Å². The maximum atomic E-state index is 11.2. The summed E-state index contributed by atoms with van der Waals surface area (Å²) in [6.07, 6.45) is 4.28. The Morgan fingerprint density at radius 2 is 2.06 bits per heavy atom. The first-order valence-corrected chi connectivity index (χ1v) is 9.02. The molecule has 1 N–H and O–H groups in total. The van der Waals surface area contributed by atoms with Crippen LogP contribution < -0.4 is 5.32 Å². The van der Waals surface area contributed by atoms with Crippen LogP contribution in [0.4, 0.5) is 0 Å². The van der Waals surface area contributed by atoms with Crippen LogP contribution in [0.15, 0.2) is 0 Å². The number of sulfone groups is 1. The molecule has 0 aliphatic carbocycles. The third kappa shape index (κ3) is 4.86. The van der Waals surface area contributed by atoms with Crippen LogP contribution in [0.3, 0.4) is 0 Å². The number of nitrogens with one attached hydrogen (secondary N) is 1. The fourth-order valence-corrected chi connectivity index (χ4v) is 3.21. The van der Waals surface area contributed by atoms with Crippen molar-refractivity contribution in [1.29, 1.82) is 0 Å². The fourth-order valence-electron chi connectivity index (χ4n) is 2.56. The van der Waals surface area contributed by atoms with Gasteiger partial charge in [-0.2, -0.15) is 0 Å². The van der Waals surface area contributed by atoms with Gasteiger partial charge in [-0.3, -0.25) is 4.90 Å². The van der Waals surface area contributed by atoms with E-state index >= 15 is 0 Å². The molecule has 0 saturated carbocycles. The Labute approximate surface area is 112 Å². The number of nitrogens with zero attached hydrogens (tertiary/aromatic N) is 1. The molecule has 1 aliphatic rings. The van der Waals surface area contributed by atoms with Crippen molar-refractivity contribution >= 4 is 9.84 Å². The standard InChI is InChI=1S/C13H28N2O2S/c1-5-12-10-14-13(3,6-2)11-15(12)8-7-9-18(4,16)17/h12,14H,5-11H2,1-4H3. The highest BCUT2D eigenvalue weighted by molar-refractivity contribution is 7.90. The van der Waals surface area contributed by atoms with Gasteiger partial charge in [0.15, 0.2) is 0 Å². The Balaban J connectivity index is 2.53. The summed E-state index contributed by atoms with van der Waals surface area (Å²) < 4.78 is 22.4. The highest BCUT2D eigenvalue weighted by Gasteiger charge is 2.33. The minimum atomic E-state index is -2.83. The summed E-state index contributed by atoms with van der Waals surface area (Å²) in [4.78, 5) is 2.46. The smallest absolute Gasteiger partial charge is 0.147 e. The molecule has 1 rings (SSSR count). The second-order valence-corrected chi connectivity index (χ2v) is 8.07. The number of hydrogen-bond acceptors (Lipinski definition) is 4. The zero-order valence-corrected chi connectivity index (χ0v) is 13.0. The molecule has 2 unspecified atom stereocenters. The van der Waals surface area contributed by atoms with Gasteiger partial charge < -0.3 is 5.32 Å². The average molecular weight is 276 g/mol. The van der Waals surface area contributed by atoms with Crippen molar-refractivity contribution in [1.82, 2.24) is 10.2 Å². The van der Waals surface area contributed by atoms with Crippen LogP contribution >= 0.6 is 0 Å². The summed E-state index contributed by atoms with van der Waals surface area (Å²) in [5.74, 6) is 0.302. The SMILES string of the molecule is CCC1CNC(C)(CC)CN1CCCS(C)(=O)=O. The summed E-state index contributed by atoms with van der Waals surface area (Å²) >= 11 is 0. The molecule has 4 nitrogen and oxygen atoms in total. The minimum Gasteiger partial charge on any atom is -0.309 e. The van der Waals surface area contributed by atoms with Gasteiger partial charge in [0.25, 0.3) is 0 Å². The Bertz CT molecular complexity index is 356. The van der Waals surface area contributed by atoms with Gasteiger partial charge in [-0.25, -0.2) is 8.42 Å². The molecule has 0 aromatic rings. The highest BCUT2D eigenvalue weighted by Crippen LogP contribution is 2.20. The molecule has 5 heteroatoms. The van der Waals surface area contributed by atoms with Gasteiger partial charge in [0.2, 0.25) is 0 Å². The normalized spacial score (nSPS) is 30.6. The van der Waals surface area contributed by atoms with Crippen molar-refractivity contribution in [2.75, 3.05) is 31.6 Å². The molecule has 0 radical (unpaired) electrons. The summed E-state index contributed by atoms with van der Waals surface area (Å²) in [6.45, 7) is 9.58. The van der Waals surface area contributed by atoms with Gasteiger partial charge in [0.1, 0.15) is 9.84 Å². The van der Waals surface area contributed by atoms with E-state index in [9.17, 15) is 8.42 Å². The summed E-state index contributed by atoms with van der Waals surface area (Å²) in [7, 11) is -2.83. The van der Waals surface area contributed by atoms with Gasteiger partial charge >= 0.3 is 0 Å². The van der Waals surface area contributed by atoms with Gasteiger partial charge in [-0.05, 0) is 32.7 Å². The summed E-state index contributed by atoms with van der Waals surface area (Å²) in [5.41, 5.74) is 0.177. The van der Waals surface area contributed by atoms with E-state index in [0.29, 0.717) is 11.8 Å². The topological polar surface area (TPSA) is 49.4 Å². The van der Waals surface area contributed by atoms with Crippen LogP contribution in [-0.2, 0) is 9.84 Å². The van der Waals surface area contributed by atoms with Crippen molar-refractivity contribution in [3.05, 3.63) is 0 Å². The number of hydrogen-bond donors (Lipinski definition) is 1. The Morgan fingerprint density at radius 3 is 2.56 bits per heavy atom. The first-order valence-electron chi connectivity index (χ1n) is 6.96. The van der Waals surface area contributed by atoms with Crippen LogP contribution in [0.1, 0.15) is 40.0 Å². The first kappa shape index (κ1) is 15.9. The predicted octanol–water partition coefficient (Wildman–Crippen LogP) is 1.27. The van der Waals surface area contributed by atoms with Crippen molar-refractivity contribution in [2.45, 2.75) is 51.6 Å². The Hall–Kier alpha value is -0.130. The zero-order chi connectivity index (χ0) is 13.8. The lowest BCUT2D eigenvalue weighted by Gasteiger charge is -2.46. The molecule has 0 amide bonds. The lowest BCUT2D eigenvalue weighted by Crippen LogP contribution is -2.62. The second kappa shape index (κ2) is 6.35. The molecular weight excluding hydrogens is 248 g/mol. The zero-order valence-electron chi connectivity index (χ0n) is 12.2. The quantitative estimate of drug-likeness (QED) is 0.794. The minimum absolute atomic E-state index is 0.177. The monoisotopic (exact) mass is 276 g/mol. The molecule has 1 heterocycles. The lowest BCUT2D eigenvalue weighted by molar-refractivity contribution is 0.0824. The average Bonchev–Trinajstić information content (AvgIpc) is 2.28. The molecule has 18 heavy (non-hydrogen) atoms. The Morgan fingerprint density at radius 1 is 1.39 bits per heavy atom. The van der Waals surface area contributed by atoms with E-state index in [0.717, 1.165) is 38.9 Å². The molecule has 2 atom stereocenters. The fraction of sp³-hybridized carbons (Fsp3) is 1.00. The molecule has 0 aromatic carbocycles. The molecule has 0 aromatic heterocycles. The third-order valence-electron chi connectivity index (χ3n) is 4.04. The van der Waals surface area contributed by atoms with Crippen LogP contribution in [0.2, 0.25) is 0 Å². The Kier molecular flexibility index (Phi) is 5.62. The summed E-state index contributed by atoms with van der Waals surface area (Å²) in [5, 5.41) is 3.62. The van der Waals surface area contributed by atoms with Gasteiger partial charge in [-0.1, -0.05) is 13.8 Å². The molecule has 1 saturated heterocycles. The van der Waals surface area contributed by atoms with E-state index < -0.39 is 9.84 Å². The van der Waals surface area contributed by atoms with E-state index in [2.05, 4.69) is 31.0 Å². The molecular formula is C13H28N2O2S. The van der Waals surface area contributed by atoms with E-state index in [-0.39, 0.29) is 5.54 Å². The van der Waals surface area contributed by atoms with Gasteiger partial charge in [0.05, 0.1) is 5.75 Å². The van der Waals surface area contributed by atoms with Crippen molar-refractivity contribution in [3.8, 4) is 0 Å². The second-order valence-electron chi connectivity index (χ2n) is 5.81. The highest BCUT2D eigenvalue weighted by atomic mass is 32.2. The molecule has 0 spiro atoms. The molecule has 108 valence electrons. The maximum Gasteiger partial charge on any atom is 0.147 e. The molecule has 0 bridgehead atoms. The van der Waals surface area contributed by atoms with E-state index in [1.807, 2.05) is 0 Å². The van der Waals surface area contributed by atoms with Crippen molar-refractivity contribution in [2.24, 2.45) is 0 Å². The predicted molar refractivity (Wildman–Crippen MR) is 76.7 cm³/mol. The molecule has 1 fully saturated rings. The first-order chi connectivity index (χ1) is 8.29. The molecule has 1 aliphatic heterocycles. The largest absolute Gasteiger partial charge is 0.309 e. The van der Waals surface area contributed by atoms with Crippen LogP contribution in [-0.4, -0.2) is 56.5 Å². The van der Waals surface area contributed by atoms with Crippen molar-refractivity contribution < 1.29 is 8.42 Å². The van der Waals surface area contributed by atoms with Crippen LogP contribution in [0.25, 0.3) is 0 Å². The van der Waals surface area contributed by atoms with E-state index in [4.69, 9.17) is 0 Å². The lowest BCUT2D eigenvalue weighted by atomic mass is 9.92. The number of rotatable bonds is 6. The third-order valence-corrected chi connectivity index (χ3v) is 5.08. The van der Waals surface area contributed by atoms with Gasteiger partial charge in [-0.15, -0.1) is 0 Å². The number of piperazine rings is 1. The van der Waals surface area contributed by atoms with Crippen LogP contribution in [0.5, 0.6) is 0 Å². The summed E-state index contributed by atoms with van der Waals surface area (Å²) in [6, 6.07) is 0.546. The maximum absolute atomic E-state index is 11.2. The van der Waals surface area contributed by atoms with E-state index in [1.54, 1.807) is 0 Å². The van der Waals surface area contributed by atoms with E-state index in [1.165, 1.54) is 6.26 Å².